The highest BCUT2D eigenvalue weighted by molar-refractivity contribution is 9.10. The van der Waals surface area contributed by atoms with E-state index in [1.807, 2.05) is 30.3 Å². The van der Waals surface area contributed by atoms with E-state index in [4.69, 9.17) is 4.74 Å². The van der Waals surface area contributed by atoms with Crippen molar-refractivity contribution in [2.75, 3.05) is 7.11 Å². The fraction of sp³-hybridized carbons (Fsp3) is 0.214. The number of pyridine rings is 1. The lowest BCUT2D eigenvalue weighted by Gasteiger charge is -2.14. The van der Waals surface area contributed by atoms with Gasteiger partial charge in [0.25, 0.3) is 0 Å². The summed E-state index contributed by atoms with van der Waals surface area (Å²) < 4.78 is 6.05. The molecule has 2 aromatic rings. The van der Waals surface area contributed by atoms with E-state index < -0.39 is 6.10 Å². The molecule has 94 valence electrons. The molecule has 0 aliphatic rings. The van der Waals surface area contributed by atoms with Gasteiger partial charge in [-0.1, -0.05) is 15.9 Å². The van der Waals surface area contributed by atoms with Gasteiger partial charge in [0, 0.05) is 23.3 Å². The second-order valence-corrected chi connectivity index (χ2v) is 4.82. The lowest BCUT2D eigenvalue weighted by atomic mass is 10.0. The van der Waals surface area contributed by atoms with Crippen LogP contribution in [0.15, 0.2) is 47.2 Å². The van der Waals surface area contributed by atoms with Gasteiger partial charge in [-0.3, -0.25) is 4.98 Å². The maximum absolute atomic E-state index is 10.3. The molecule has 4 heteroatoms. The first kappa shape index (κ1) is 13.1. The van der Waals surface area contributed by atoms with E-state index in [1.165, 1.54) is 0 Å². The number of ether oxygens (including phenoxy) is 1. The van der Waals surface area contributed by atoms with Gasteiger partial charge in [0.1, 0.15) is 5.75 Å². The van der Waals surface area contributed by atoms with Crippen LogP contribution in [0.25, 0.3) is 0 Å². The molecule has 18 heavy (non-hydrogen) atoms. The van der Waals surface area contributed by atoms with Gasteiger partial charge >= 0.3 is 0 Å². The average molecular weight is 308 g/mol. The van der Waals surface area contributed by atoms with Crippen LogP contribution in [-0.4, -0.2) is 17.2 Å². The van der Waals surface area contributed by atoms with Gasteiger partial charge in [0.2, 0.25) is 0 Å². The molecule has 1 aromatic heterocycles. The highest BCUT2D eigenvalue weighted by Crippen LogP contribution is 2.29. The zero-order chi connectivity index (χ0) is 13.0. The standard InChI is InChI=1S/C14H14BrNO2/c1-18-11-2-3-13(15)12(9-11)14(17)8-10-4-6-16-7-5-10/h2-7,9,14,17H,8H2,1H3. The summed E-state index contributed by atoms with van der Waals surface area (Å²) in [6, 6.07) is 9.38. The summed E-state index contributed by atoms with van der Waals surface area (Å²) in [4.78, 5) is 3.96. The Morgan fingerprint density at radius 3 is 2.67 bits per heavy atom. The lowest BCUT2D eigenvalue weighted by Crippen LogP contribution is -2.03. The van der Waals surface area contributed by atoms with Crippen LogP contribution in [0.3, 0.4) is 0 Å². The molecule has 0 radical (unpaired) electrons. The number of methoxy groups -OCH3 is 1. The molecule has 0 spiro atoms. The van der Waals surface area contributed by atoms with E-state index in [-0.39, 0.29) is 0 Å². The van der Waals surface area contributed by atoms with Crippen LogP contribution in [0.2, 0.25) is 0 Å². The van der Waals surface area contributed by atoms with Crippen LogP contribution < -0.4 is 4.74 Å². The molecule has 1 heterocycles. The third-order valence-electron chi connectivity index (χ3n) is 2.74. The Balaban J connectivity index is 2.20. The Labute approximate surface area is 115 Å². The quantitative estimate of drug-likeness (QED) is 0.943. The molecule has 2 rings (SSSR count). The van der Waals surface area contributed by atoms with Crippen molar-refractivity contribution in [2.24, 2.45) is 0 Å². The van der Waals surface area contributed by atoms with E-state index in [0.29, 0.717) is 6.42 Å². The molecule has 1 N–H and O–H groups in total. The molecule has 0 amide bonds. The summed E-state index contributed by atoms with van der Waals surface area (Å²) in [6.07, 6.45) is 3.43. The topological polar surface area (TPSA) is 42.4 Å². The van der Waals surface area contributed by atoms with Crippen LogP contribution in [0.1, 0.15) is 17.2 Å². The molecule has 0 aliphatic carbocycles. The normalized spacial score (nSPS) is 12.2. The number of halogens is 1. The van der Waals surface area contributed by atoms with Crippen molar-refractivity contribution >= 4 is 15.9 Å². The van der Waals surface area contributed by atoms with Crippen molar-refractivity contribution in [1.29, 1.82) is 0 Å². The first-order valence-corrected chi connectivity index (χ1v) is 6.40. The molecule has 0 saturated carbocycles. The van der Waals surface area contributed by atoms with Crippen LogP contribution in [0, 0.1) is 0 Å². The van der Waals surface area contributed by atoms with Crippen LogP contribution in [0.4, 0.5) is 0 Å². The average Bonchev–Trinajstić information content (AvgIpc) is 2.40. The minimum Gasteiger partial charge on any atom is -0.497 e. The van der Waals surface area contributed by atoms with Crippen LogP contribution in [-0.2, 0) is 6.42 Å². The highest BCUT2D eigenvalue weighted by atomic mass is 79.9. The van der Waals surface area contributed by atoms with Crippen LogP contribution >= 0.6 is 15.9 Å². The fourth-order valence-corrected chi connectivity index (χ4v) is 2.27. The van der Waals surface area contributed by atoms with Gasteiger partial charge in [-0.25, -0.2) is 0 Å². The maximum atomic E-state index is 10.3. The van der Waals surface area contributed by atoms with Crippen molar-refractivity contribution < 1.29 is 9.84 Å². The monoisotopic (exact) mass is 307 g/mol. The minimum atomic E-state index is -0.572. The minimum absolute atomic E-state index is 0.550. The Morgan fingerprint density at radius 2 is 2.00 bits per heavy atom. The van der Waals surface area contributed by atoms with Crippen molar-refractivity contribution in [3.63, 3.8) is 0 Å². The van der Waals surface area contributed by atoms with Gasteiger partial charge in [-0.05, 0) is 41.5 Å². The van der Waals surface area contributed by atoms with Crippen LogP contribution in [0.5, 0.6) is 5.75 Å². The predicted octanol–water partition coefficient (Wildman–Crippen LogP) is 3.13. The van der Waals surface area contributed by atoms with Gasteiger partial charge in [0.15, 0.2) is 0 Å². The highest BCUT2D eigenvalue weighted by Gasteiger charge is 2.13. The molecule has 1 atom stereocenters. The molecular formula is C14H14BrNO2. The smallest absolute Gasteiger partial charge is 0.119 e. The number of aromatic nitrogens is 1. The number of hydrogen-bond acceptors (Lipinski definition) is 3. The SMILES string of the molecule is COc1ccc(Br)c(C(O)Cc2ccncc2)c1. The molecule has 0 fully saturated rings. The third kappa shape index (κ3) is 3.09. The number of rotatable bonds is 4. The summed E-state index contributed by atoms with van der Waals surface area (Å²) in [5.41, 5.74) is 1.87. The molecule has 1 unspecified atom stereocenters. The van der Waals surface area contributed by atoms with Crippen molar-refractivity contribution in [3.8, 4) is 5.75 Å². The van der Waals surface area contributed by atoms with E-state index in [1.54, 1.807) is 19.5 Å². The van der Waals surface area contributed by atoms with Crippen molar-refractivity contribution in [3.05, 3.63) is 58.3 Å². The van der Waals surface area contributed by atoms with Crippen molar-refractivity contribution in [2.45, 2.75) is 12.5 Å². The lowest BCUT2D eigenvalue weighted by molar-refractivity contribution is 0.177. The molecule has 0 bridgehead atoms. The molecule has 0 saturated heterocycles. The Hall–Kier alpha value is -1.39. The largest absolute Gasteiger partial charge is 0.497 e. The van der Waals surface area contributed by atoms with Crippen molar-refractivity contribution in [1.82, 2.24) is 4.98 Å². The zero-order valence-electron chi connectivity index (χ0n) is 10.0. The maximum Gasteiger partial charge on any atom is 0.119 e. The molecular weight excluding hydrogens is 294 g/mol. The second kappa shape index (κ2) is 5.98. The third-order valence-corrected chi connectivity index (χ3v) is 3.46. The molecule has 1 aromatic carbocycles. The number of nitrogens with zero attached hydrogens (tertiary/aromatic N) is 1. The van der Waals surface area contributed by atoms with E-state index in [2.05, 4.69) is 20.9 Å². The molecule has 3 nitrogen and oxygen atoms in total. The van der Waals surface area contributed by atoms with Gasteiger partial charge < -0.3 is 9.84 Å². The summed E-state index contributed by atoms with van der Waals surface area (Å²) in [5.74, 6) is 0.738. The first-order chi connectivity index (χ1) is 8.70. The second-order valence-electron chi connectivity index (χ2n) is 3.96. The summed E-state index contributed by atoms with van der Waals surface area (Å²) in [6.45, 7) is 0. The van der Waals surface area contributed by atoms with Gasteiger partial charge in [-0.15, -0.1) is 0 Å². The van der Waals surface area contributed by atoms with E-state index in [9.17, 15) is 5.11 Å². The summed E-state index contributed by atoms with van der Waals surface area (Å²) >= 11 is 3.45. The predicted molar refractivity (Wildman–Crippen MR) is 73.6 cm³/mol. The fourth-order valence-electron chi connectivity index (χ4n) is 1.76. The molecule has 0 aliphatic heterocycles. The number of hydrogen-bond donors (Lipinski definition) is 1. The number of benzene rings is 1. The Morgan fingerprint density at radius 1 is 1.28 bits per heavy atom. The zero-order valence-corrected chi connectivity index (χ0v) is 11.6. The summed E-state index contributed by atoms with van der Waals surface area (Å²) in [7, 11) is 1.61. The number of aliphatic hydroxyl groups is 1. The van der Waals surface area contributed by atoms with E-state index in [0.717, 1.165) is 21.3 Å². The Bertz CT molecular complexity index is 516. The van der Waals surface area contributed by atoms with Gasteiger partial charge in [0.05, 0.1) is 13.2 Å². The van der Waals surface area contributed by atoms with Gasteiger partial charge in [-0.2, -0.15) is 0 Å². The Kier molecular flexibility index (Phi) is 4.33. The first-order valence-electron chi connectivity index (χ1n) is 5.61. The number of aliphatic hydroxyl groups excluding tert-OH is 1. The summed E-state index contributed by atoms with van der Waals surface area (Å²) in [5, 5.41) is 10.3. The van der Waals surface area contributed by atoms with E-state index >= 15 is 0 Å².